The summed E-state index contributed by atoms with van der Waals surface area (Å²) < 4.78 is 21.3. The predicted molar refractivity (Wildman–Crippen MR) is 112 cm³/mol. The van der Waals surface area contributed by atoms with E-state index in [-0.39, 0.29) is 16.9 Å². The van der Waals surface area contributed by atoms with Crippen LogP contribution < -0.4 is 4.74 Å². The van der Waals surface area contributed by atoms with Gasteiger partial charge in [0.1, 0.15) is 11.6 Å². The lowest BCUT2D eigenvalue weighted by molar-refractivity contribution is 0.0782. The Balaban J connectivity index is 1.36. The molecule has 4 aliphatic rings. The van der Waals surface area contributed by atoms with Gasteiger partial charge in [-0.05, 0) is 74.3 Å². The lowest BCUT2D eigenvalue weighted by Gasteiger charge is -2.36. The lowest BCUT2D eigenvalue weighted by atomic mass is 9.72. The molecular formula is C25H32FNO2. The highest BCUT2D eigenvalue weighted by molar-refractivity contribution is 5.95. The van der Waals surface area contributed by atoms with Crippen LogP contribution >= 0.6 is 0 Å². The molecule has 3 fully saturated rings. The van der Waals surface area contributed by atoms with Crippen molar-refractivity contribution in [3.63, 3.8) is 0 Å². The molecule has 5 rings (SSSR count). The number of hydrogen-bond acceptors (Lipinski definition) is 2. The Bertz CT molecular complexity index is 859. The van der Waals surface area contributed by atoms with Gasteiger partial charge in [0.25, 0.3) is 5.91 Å². The van der Waals surface area contributed by atoms with Crippen LogP contribution in [-0.4, -0.2) is 30.5 Å². The van der Waals surface area contributed by atoms with E-state index in [1.54, 1.807) is 16.5 Å². The highest BCUT2D eigenvalue weighted by atomic mass is 19.1. The van der Waals surface area contributed by atoms with Crippen molar-refractivity contribution in [2.24, 2.45) is 17.3 Å². The molecule has 2 saturated carbocycles. The summed E-state index contributed by atoms with van der Waals surface area (Å²) in [6, 6.07) is 3.29. The van der Waals surface area contributed by atoms with Crippen molar-refractivity contribution in [2.45, 2.75) is 64.7 Å². The van der Waals surface area contributed by atoms with Crippen LogP contribution in [0.1, 0.15) is 80.6 Å². The molecule has 1 saturated heterocycles. The number of allylic oxidation sites excluding steroid dienone is 2. The van der Waals surface area contributed by atoms with Gasteiger partial charge >= 0.3 is 0 Å². The zero-order valence-electron chi connectivity index (χ0n) is 17.7. The average Bonchev–Trinajstić information content (AvgIpc) is 3.36. The molecule has 1 amide bonds. The Labute approximate surface area is 173 Å². The van der Waals surface area contributed by atoms with Crippen molar-refractivity contribution in [3.05, 3.63) is 40.7 Å². The zero-order chi connectivity index (χ0) is 20.2. The Morgan fingerprint density at radius 3 is 2.79 bits per heavy atom. The van der Waals surface area contributed by atoms with E-state index >= 15 is 0 Å². The molecule has 3 atom stereocenters. The quantitative estimate of drug-likeness (QED) is 0.597. The van der Waals surface area contributed by atoms with Gasteiger partial charge in [0.05, 0.1) is 12.2 Å². The third-order valence-corrected chi connectivity index (χ3v) is 7.41. The molecule has 2 bridgehead atoms. The first-order valence-corrected chi connectivity index (χ1v) is 11.4. The maximum absolute atomic E-state index is 15.0. The van der Waals surface area contributed by atoms with E-state index in [4.69, 9.17) is 4.74 Å². The summed E-state index contributed by atoms with van der Waals surface area (Å²) in [5.41, 5.74) is 3.02. The molecule has 3 unspecified atom stereocenters. The smallest absolute Gasteiger partial charge is 0.256 e. The summed E-state index contributed by atoms with van der Waals surface area (Å²) >= 11 is 0. The minimum Gasteiger partial charge on any atom is -0.493 e. The maximum atomic E-state index is 15.0. The molecule has 156 valence electrons. The molecule has 3 nitrogen and oxygen atoms in total. The van der Waals surface area contributed by atoms with Gasteiger partial charge in [0, 0.05) is 24.6 Å². The fourth-order valence-electron chi connectivity index (χ4n) is 5.82. The van der Waals surface area contributed by atoms with Crippen molar-refractivity contribution in [1.29, 1.82) is 0 Å². The van der Waals surface area contributed by atoms with Crippen LogP contribution in [0.2, 0.25) is 0 Å². The number of ether oxygens (including phenoxy) is 1. The first-order valence-electron chi connectivity index (χ1n) is 11.4. The van der Waals surface area contributed by atoms with Crippen molar-refractivity contribution in [3.8, 4) is 5.75 Å². The fraction of sp³-hybridized carbons (Fsp3) is 0.640. The van der Waals surface area contributed by atoms with E-state index < -0.39 is 5.82 Å². The fourth-order valence-corrected chi connectivity index (χ4v) is 5.82. The number of benzene rings is 1. The Kier molecular flexibility index (Phi) is 4.71. The van der Waals surface area contributed by atoms with Crippen LogP contribution in [0.3, 0.4) is 0 Å². The maximum Gasteiger partial charge on any atom is 0.256 e. The predicted octanol–water partition coefficient (Wildman–Crippen LogP) is 5.70. The largest absolute Gasteiger partial charge is 0.493 e. The van der Waals surface area contributed by atoms with Crippen molar-refractivity contribution < 1.29 is 13.9 Å². The van der Waals surface area contributed by atoms with Gasteiger partial charge in [-0.25, -0.2) is 4.39 Å². The summed E-state index contributed by atoms with van der Waals surface area (Å²) in [6.45, 7) is 6.57. The third kappa shape index (κ3) is 3.71. The van der Waals surface area contributed by atoms with Crippen molar-refractivity contribution in [1.82, 2.24) is 4.90 Å². The van der Waals surface area contributed by atoms with Crippen LogP contribution in [0.15, 0.2) is 23.8 Å². The highest BCUT2D eigenvalue weighted by Gasteiger charge is 2.41. The Morgan fingerprint density at radius 1 is 1.24 bits per heavy atom. The first-order chi connectivity index (χ1) is 13.9. The van der Waals surface area contributed by atoms with Gasteiger partial charge in [-0.1, -0.05) is 25.5 Å². The topological polar surface area (TPSA) is 29.5 Å². The van der Waals surface area contributed by atoms with Crippen LogP contribution in [0, 0.1) is 23.1 Å². The molecule has 0 spiro atoms. The zero-order valence-corrected chi connectivity index (χ0v) is 17.7. The van der Waals surface area contributed by atoms with E-state index in [0.29, 0.717) is 30.1 Å². The summed E-state index contributed by atoms with van der Waals surface area (Å²) in [5.74, 6) is 1.67. The summed E-state index contributed by atoms with van der Waals surface area (Å²) in [4.78, 5) is 14.7. The molecule has 0 radical (unpaired) electrons. The molecule has 4 heteroatoms. The van der Waals surface area contributed by atoms with Crippen LogP contribution in [0.5, 0.6) is 5.75 Å². The van der Waals surface area contributed by atoms with Gasteiger partial charge in [0.15, 0.2) is 0 Å². The van der Waals surface area contributed by atoms with E-state index in [2.05, 4.69) is 19.9 Å². The Hall–Kier alpha value is -1.84. The number of rotatable bonds is 5. The first kappa shape index (κ1) is 19.1. The molecule has 1 aliphatic heterocycles. The summed E-state index contributed by atoms with van der Waals surface area (Å²) in [6.07, 6.45) is 10.2. The number of amides is 1. The van der Waals surface area contributed by atoms with Crippen molar-refractivity contribution >= 4 is 5.91 Å². The van der Waals surface area contributed by atoms with E-state index in [0.717, 1.165) is 50.8 Å². The molecule has 1 heterocycles. The van der Waals surface area contributed by atoms with E-state index in [9.17, 15) is 9.18 Å². The Morgan fingerprint density at radius 2 is 2.07 bits per heavy atom. The number of likely N-dealkylation sites (tertiary alicyclic amines) is 1. The minimum absolute atomic E-state index is 0.162. The lowest BCUT2D eigenvalue weighted by Crippen LogP contribution is -2.31. The SMILES string of the molecule is CC1CCN(C(=O)c2cc(C3CC3)c(OCC34CC=C(CC(C)C3)C4)cc2F)C1. The third-order valence-electron chi connectivity index (χ3n) is 7.41. The van der Waals surface area contributed by atoms with Crippen LogP contribution in [-0.2, 0) is 0 Å². The molecule has 1 aromatic rings. The molecule has 0 aromatic heterocycles. The molecular weight excluding hydrogens is 365 g/mol. The molecule has 3 aliphatic carbocycles. The van der Waals surface area contributed by atoms with E-state index in [1.807, 2.05) is 0 Å². The minimum atomic E-state index is -0.436. The van der Waals surface area contributed by atoms with Crippen LogP contribution in [0.4, 0.5) is 4.39 Å². The van der Waals surface area contributed by atoms with Gasteiger partial charge in [0.2, 0.25) is 0 Å². The normalized spacial score (nSPS) is 31.1. The molecule has 0 N–H and O–H groups in total. The number of hydrogen-bond donors (Lipinski definition) is 0. The van der Waals surface area contributed by atoms with Gasteiger partial charge < -0.3 is 9.64 Å². The van der Waals surface area contributed by atoms with Gasteiger partial charge in [-0.2, -0.15) is 0 Å². The van der Waals surface area contributed by atoms with Gasteiger partial charge in [-0.15, -0.1) is 0 Å². The number of carbonyl (C=O) groups excluding carboxylic acids is 1. The highest BCUT2D eigenvalue weighted by Crippen LogP contribution is 2.51. The second kappa shape index (κ2) is 7.14. The number of nitrogens with zero attached hydrogens (tertiary/aromatic N) is 1. The summed E-state index contributed by atoms with van der Waals surface area (Å²) in [7, 11) is 0. The number of carbonyl (C=O) groups is 1. The van der Waals surface area contributed by atoms with Crippen LogP contribution in [0.25, 0.3) is 0 Å². The second-order valence-electron chi connectivity index (χ2n) is 10.3. The average molecular weight is 398 g/mol. The van der Waals surface area contributed by atoms with E-state index in [1.165, 1.54) is 18.9 Å². The van der Waals surface area contributed by atoms with Crippen molar-refractivity contribution in [2.75, 3.05) is 19.7 Å². The monoisotopic (exact) mass is 397 g/mol. The standard InChI is InChI=1S/C25H32FNO2/c1-16-6-8-27(14-16)24(28)21-10-20(19-3-4-19)23(11-22(21)26)29-15-25-7-5-18(13-25)9-17(2)12-25/h5,10-11,16-17,19H,3-4,6-9,12-15H2,1-2H3. The number of fused-ring (bicyclic) bond motifs is 2. The molecule has 29 heavy (non-hydrogen) atoms. The summed E-state index contributed by atoms with van der Waals surface area (Å²) in [5, 5.41) is 0. The molecule has 1 aromatic carbocycles. The number of halogens is 1. The van der Waals surface area contributed by atoms with Gasteiger partial charge in [-0.3, -0.25) is 4.79 Å². The second-order valence-corrected chi connectivity index (χ2v) is 10.3.